The third kappa shape index (κ3) is 4.75. The van der Waals surface area contributed by atoms with Crippen LogP contribution < -0.4 is 0 Å². The highest BCUT2D eigenvalue weighted by molar-refractivity contribution is 5.72. The molecule has 4 heteroatoms. The number of halogens is 3. The molecule has 0 spiro atoms. The van der Waals surface area contributed by atoms with E-state index in [1.165, 1.54) is 12.1 Å². The van der Waals surface area contributed by atoms with Crippen LogP contribution in [0.5, 0.6) is 0 Å². The SMILES string of the molecule is CCCC/C(F)=C(\F)c1ccc(-c2ccc(-c3ccc(C#N)c(F)c3)cc2)cc1. The van der Waals surface area contributed by atoms with Gasteiger partial charge in [-0.3, -0.25) is 0 Å². The minimum atomic E-state index is -0.803. The highest BCUT2D eigenvalue weighted by Gasteiger charge is 2.09. The van der Waals surface area contributed by atoms with Crippen LogP contribution in [0.2, 0.25) is 0 Å². The summed E-state index contributed by atoms with van der Waals surface area (Å²) in [6.45, 7) is 1.93. The first-order chi connectivity index (χ1) is 14.0. The first-order valence-corrected chi connectivity index (χ1v) is 9.48. The lowest BCUT2D eigenvalue weighted by Crippen LogP contribution is -1.87. The van der Waals surface area contributed by atoms with Crippen molar-refractivity contribution >= 4 is 5.83 Å². The van der Waals surface area contributed by atoms with E-state index in [-0.39, 0.29) is 17.5 Å². The molecular weight excluding hydrogens is 371 g/mol. The number of nitriles is 1. The van der Waals surface area contributed by atoms with E-state index in [1.807, 2.05) is 31.2 Å². The third-order valence-electron chi connectivity index (χ3n) is 4.77. The molecule has 0 saturated carbocycles. The van der Waals surface area contributed by atoms with Crippen molar-refractivity contribution in [2.45, 2.75) is 26.2 Å². The number of rotatable bonds is 6. The van der Waals surface area contributed by atoms with Crippen molar-refractivity contribution in [1.29, 1.82) is 5.26 Å². The summed E-state index contributed by atoms with van der Waals surface area (Å²) in [7, 11) is 0. The molecule has 3 aromatic carbocycles. The summed E-state index contributed by atoms with van der Waals surface area (Å²) in [6.07, 6.45) is 1.54. The van der Waals surface area contributed by atoms with Crippen LogP contribution in [0.4, 0.5) is 13.2 Å². The van der Waals surface area contributed by atoms with Gasteiger partial charge in [0.1, 0.15) is 17.7 Å². The Balaban J connectivity index is 1.80. The molecule has 0 radical (unpaired) electrons. The Kier molecular flexibility index (Phi) is 6.51. The zero-order valence-corrected chi connectivity index (χ0v) is 16.1. The quantitative estimate of drug-likeness (QED) is 0.420. The summed E-state index contributed by atoms with van der Waals surface area (Å²) in [4.78, 5) is 0. The monoisotopic (exact) mass is 391 g/mol. The second-order valence-electron chi connectivity index (χ2n) is 6.78. The summed E-state index contributed by atoms with van der Waals surface area (Å²) in [5, 5.41) is 8.83. The summed E-state index contributed by atoms with van der Waals surface area (Å²) < 4.78 is 41.8. The van der Waals surface area contributed by atoms with Crippen LogP contribution in [0.25, 0.3) is 28.1 Å². The van der Waals surface area contributed by atoms with E-state index in [1.54, 1.807) is 36.4 Å². The third-order valence-corrected chi connectivity index (χ3v) is 4.77. The normalized spacial score (nSPS) is 11.7. The van der Waals surface area contributed by atoms with E-state index < -0.39 is 17.5 Å². The fourth-order valence-electron chi connectivity index (χ4n) is 3.05. The number of hydrogen-bond acceptors (Lipinski definition) is 1. The van der Waals surface area contributed by atoms with Gasteiger partial charge in [-0.25, -0.2) is 13.2 Å². The maximum atomic E-state index is 14.2. The van der Waals surface area contributed by atoms with Gasteiger partial charge in [-0.1, -0.05) is 67.9 Å². The van der Waals surface area contributed by atoms with Gasteiger partial charge in [0.05, 0.1) is 5.56 Å². The van der Waals surface area contributed by atoms with Crippen molar-refractivity contribution in [3.8, 4) is 28.3 Å². The van der Waals surface area contributed by atoms with Crippen molar-refractivity contribution in [3.63, 3.8) is 0 Å². The minimum absolute atomic E-state index is 0.0119. The topological polar surface area (TPSA) is 23.8 Å². The highest BCUT2D eigenvalue weighted by Crippen LogP contribution is 2.29. The van der Waals surface area contributed by atoms with Crippen LogP contribution in [0.1, 0.15) is 37.3 Å². The highest BCUT2D eigenvalue weighted by atomic mass is 19.2. The first kappa shape index (κ1) is 20.4. The lowest BCUT2D eigenvalue weighted by atomic mass is 9.98. The van der Waals surface area contributed by atoms with E-state index in [9.17, 15) is 13.2 Å². The molecule has 0 aliphatic rings. The van der Waals surface area contributed by atoms with Crippen molar-refractivity contribution < 1.29 is 13.2 Å². The van der Waals surface area contributed by atoms with Gasteiger partial charge in [-0.2, -0.15) is 5.26 Å². The molecule has 0 aliphatic heterocycles. The van der Waals surface area contributed by atoms with Crippen LogP contribution >= 0.6 is 0 Å². The van der Waals surface area contributed by atoms with E-state index in [0.717, 1.165) is 23.1 Å². The number of hydrogen-bond donors (Lipinski definition) is 0. The minimum Gasteiger partial charge on any atom is -0.209 e. The maximum absolute atomic E-state index is 14.2. The molecular formula is C25H20F3N. The summed E-state index contributed by atoms with van der Waals surface area (Å²) in [6, 6.07) is 20.4. The molecule has 3 aromatic rings. The Morgan fingerprint density at radius 2 is 1.34 bits per heavy atom. The van der Waals surface area contributed by atoms with Crippen LogP contribution in [-0.4, -0.2) is 0 Å². The van der Waals surface area contributed by atoms with Gasteiger partial charge in [0.2, 0.25) is 0 Å². The molecule has 0 N–H and O–H groups in total. The Bertz CT molecular complexity index is 1060. The molecule has 0 atom stereocenters. The molecule has 146 valence electrons. The molecule has 3 rings (SSSR count). The van der Waals surface area contributed by atoms with Gasteiger partial charge in [0, 0.05) is 12.0 Å². The molecule has 0 aromatic heterocycles. The van der Waals surface area contributed by atoms with Crippen LogP contribution in [0.3, 0.4) is 0 Å². The van der Waals surface area contributed by atoms with Gasteiger partial charge in [-0.05, 0) is 40.8 Å². The van der Waals surface area contributed by atoms with Gasteiger partial charge in [0.25, 0.3) is 0 Å². The van der Waals surface area contributed by atoms with Crippen LogP contribution in [0.15, 0.2) is 72.6 Å². The summed E-state index contributed by atoms with van der Waals surface area (Å²) >= 11 is 0. The van der Waals surface area contributed by atoms with Gasteiger partial charge in [0.15, 0.2) is 5.83 Å². The molecule has 0 amide bonds. The first-order valence-electron chi connectivity index (χ1n) is 9.48. The van der Waals surface area contributed by atoms with Gasteiger partial charge < -0.3 is 0 Å². The number of nitrogens with zero attached hydrogens (tertiary/aromatic N) is 1. The number of benzene rings is 3. The van der Waals surface area contributed by atoms with Crippen LogP contribution in [-0.2, 0) is 0 Å². The molecule has 0 saturated heterocycles. The zero-order chi connectivity index (χ0) is 20.8. The second kappa shape index (κ2) is 9.25. The largest absolute Gasteiger partial charge is 0.209 e. The predicted octanol–water partition coefficient (Wildman–Crippen LogP) is 7.83. The Morgan fingerprint density at radius 3 is 1.86 bits per heavy atom. The van der Waals surface area contributed by atoms with Crippen molar-refractivity contribution in [2.75, 3.05) is 0 Å². The molecule has 0 unspecified atom stereocenters. The molecule has 0 aliphatic carbocycles. The van der Waals surface area contributed by atoms with E-state index in [2.05, 4.69) is 0 Å². The lowest BCUT2D eigenvalue weighted by Gasteiger charge is -2.07. The maximum Gasteiger partial charge on any atom is 0.161 e. The van der Waals surface area contributed by atoms with Gasteiger partial charge in [-0.15, -0.1) is 0 Å². The molecule has 29 heavy (non-hydrogen) atoms. The second-order valence-corrected chi connectivity index (χ2v) is 6.78. The van der Waals surface area contributed by atoms with Crippen molar-refractivity contribution in [1.82, 2.24) is 0 Å². The smallest absolute Gasteiger partial charge is 0.161 e. The molecule has 0 bridgehead atoms. The van der Waals surface area contributed by atoms with Crippen LogP contribution in [0, 0.1) is 17.1 Å². The van der Waals surface area contributed by atoms with Gasteiger partial charge >= 0.3 is 0 Å². The lowest BCUT2D eigenvalue weighted by molar-refractivity contribution is 0.548. The average Bonchev–Trinajstić information content (AvgIpc) is 2.77. The molecule has 0 fully saturated rings. The summed E-state index contributed by atoms with van der Waals surface area (Å²) in [5.41, 5.74) is 3.52. The Hall–Kier alpha value is -3.32. The Labute approximate surface area is 168 Å². The fraction of sp³-hybridized carbons (Fsp3) is 0.160. The zero-order valence-electron chi connectivity index (χ0n) is 16.1. The molecule has 1 nitrogen and oxygen atoms in total. The standard InChI is InChI=1S/C25H20F3N/c1-2-3-4-23(26)25(28)20-11-9-18(10-12-20)17-5-7-19(8-6-17)21-13-14-22(16-29)24(27)15-21/h5-15H,2-4H2,1H3/b25-23+. The molecule has 0 heterocycles. The van der Waals surface area contributed by atoms with E-state index in [4.69, 9.17) is 5.26 Å². The fourth-order valence-corrected chi connectivity index (χ4v) is 3.05. The number of allylic oxidation sites excluding steroid dienone is 1. The summed E-state index contributed by atoms with van der Waals surface area (Å²) in [5.74, 6) is -2.06. The van der Waals surface area contributed by atoms with E-state index >= 15 is 0 Å². The number of unbranched alkanes of at least 4 members (excludes halogenated alkanes) is 1. The van der Waals surface area contributed by atoms with Crippen molar-refractivity contribution in [2.24, 2.45) is 0 Å². The Morgan fingerprint density at radius 1 is 0.828 bits per heavy atom. The van der Waals surface area contributed by atoms with Crippen molar-refractivity contribution in [3.05, 3.63) is 89.5 Å². The average molecular weight is 391 g/mol. The predicted molar refractivity (Wildman–Crippen MR) is 111 cm³/mol. The van der Waals surface area contributed by atoms with E-state index in [0.29, 0.717) is 12.0 Å².